The first-order valence-electron chi connectivity index (χ1n) is 9.26. The average Bonchev–Trinajstić information content (AvgIpc) is 2.64. The Bertz CT molecular complexity index is 956. The second-order valence-electron chi connectivity index (χ2n) is 8.04. The summed E-state index contributed by atoms with van der Waals surface area (Å²) in [4.78, 5) is 23.6. The number of aliphatic hydroxyl groups is 1. The van der Waals surface area contributed by atoms with Crippen molar-refractivity contribution in [2.75, 3.05) is 13.2 Å². The van der Waals surface area contributed by atoms with Gasteiger partial charge >= 0.3 is 12.0 Å². The molecule has 164 valence electrons. The van der Waals surface area contributed by atoms with E-state index in [0.29, 0.717) is 5.75 Å². The molecule has 1 fully saturated rings. The Labute approximate surface area is 175 Å². The van der Waals surface area contributed by atoms with E-state index in [4.69, 9.17) is 10.5 Å². The van der Waals surface area contributed by atoms with E-state index in [1.807, 2.05) is 20.8 Å². The number of primary amides is 1. The predicted octanol–water partition coefficient (Wildman–Crippen LogP) is 0.856. The Morgan fingerprint density at radius 3 is 2.37 bits per heavy atom. The maximum atomic E-state index is 13.0. The summed E-state index contributed by atoms with van der Waals surface area (Å²) in [6.07, 6.45) is -1.94. The molecule has 2 rings (SSSR count). The van der Waals surface area contributed by atoms with E-state index in [9.17, 15) is 28.2 Å². The van der Waals surface area contributed by atoms with Crippen LogP contribution >= 0.6 is 0 Å². The Balaban J connectivity index is 2.17. The van der Waals surface area contributed by atoms with Crippen LogP contribution in [-0.2, 0) is 14.6 Å². The lowest BCUT2D eigenvalue weighted by Gasteiger charge is -2.38. The SMILES string of the molecule is CC(C)(C)C#CCOc1ccc(S(=O)(=O)C2CC(C(=O)O)N(C(N)=O)CC2O)cc1. The molecule has 10 heteroatoms. The van der Waals surface area contributed by atoms with Gasteiger partial charge in [-0.1, -0.05) is 11.8 Å². The third-order valence-electron chi connectivity index (χ3n) is 4.54. The summed E-state index contributed by atoms with van der Waals surface area (Å²) in [6.45, 7) is 5.57. The number of β-amino-alcohol motifs (C(OH)–C–C–N with tert-alkyl or cyclic N) is 1. The fourth-order valence-electron chi connectivity index (χ4n) is 3.08. The van der Waals surface area contributed by atoms with Crippen LogP contribution in [0, 0.1) is 17.3 Å². The Morgan fingerprint density at radius 2 is 1.87 bits per heavy atom. The number of carboxylic acids is 1. The lowest BCUT2D eigenvalue weighted by Crippen LogP contribution is -2.60. The lowest BCUT2D eigenvalue weighted by atomic mass is 9.98. The molecule has 1 saturated heterocycles. The van der Waals surface area contributed by atoms with E-state index in [-0.39, 0.29) is 16.9 Å². The highest BCUT2D eigenvalue weighted by molar-refractivity contribution is 7.92. The molecule has 3 atom stereocenters. The minimum atomic E-state index is -4.06. The summed E-state index contributed by atoms with van der Waals surface area (Å²) in [7, 11) is -4.06. The summed E-state index contributed by atoms with van der Waals surface area (Å²) in [5.41, 5.74) is 5.00. The summed E-state index contributed by atoms with van der Waals surface area (Å²) in [5.74, 6) is 4.93. The monoisotopic (exact) mass is 438 g/mol. The molecule has 30 heavy (non-hydrogen) atoms. The Hall–Kier alpha value is -2.77. The van der Waals surface area contributed by atoms with Gasteiger partial charge in [-0.3, -0.25) is 0 Å². The van der Waals surface area contributed by atoms with Crippen molar-refractivity contribution in [3.63, 3.8) is 0 Å². The van der Waals surface area contributed by atoms with Crippen LogP contribution in [-0.4, -0.2) is 66.1 Å². The number of aliphatic hydroxyl groups excluding tert-OH is 1. The van der Waals surface area contributed by atoms with Crippen molar-refractivity contribution in [2.45, 2.75) is 49.5 Å². The van der Waals surface area contributed by atoms with Gasteiger partial charge in [-0.05, 0) is 51.5 Å². The van der Waals surface area contributed by atoms with Crippen molar-refractivity contribution in [2.24, 2.45) is 11.1 Å². The third-order valence-corrected chi connectivity index (χ3v) is 6.77. The zero-order chi connectivity index (χ0) is 22.7. The number of aliphatic carboxylic acids is 1. The number of likely N-dealkylation sites (tertiary alicyclic amines) is 1. The first-order valence-corrected chi connectivity index (χ1v) is 10.8. The number of sulfone groups is 1. The normalized spacial score (nSPS) is 22.0. The van der Waals surface area contributed by atoms with Crippen LogP contribution in [0.15, 0.2) is 29.2 Å². The van der Waals surface area contributed by atoms with Gasteiger partial charge in [0.25, 0.3) is 0 Å². The molecule has 3 unspecified atom stereocenters. The van der Waals surface area contributed by atoms with Crippen molar-refractivity contribution in [3.8, 4) is 17.6 Å². The maximum absolute atomic E-state index is 13.0. The number of carbonyl (C=O) groups excluding carboxylic acids is 1. The van der Waals surface area contributed by atoms with Crippen LogP contribution < -0.4 is 10.5 Å². The molecule has 0 aliphatic carbocycles. The van der Waals surface area contributed by atoms with E-state index in [1.165, 1.54) is 24.3 Å². The smallest absolute Gasteiger partial charge is 0.326 e. The predicted molar refractivity (Wildman–Crippen MR) is 108 cm³/mol. The van der Waals surface area contributed by atoms with E-state index in [0.717, 1.165) is 4.90 Å². The van der Waals surface area contributed by atoms with Gasteiger partial charge in [0.05, 0.1) is 22.8 Å². The number of carboxylic acid groups (broad SMARTS) is 1. The molecule has 1 aromatic carbocycles. The molecule has 0 spiro atoms. The van der Waals surface area contributed by atoms with Crippen molar-refractivity contribution in [1.29, 1.82) is 0 Å². The van der Waals surface area contributed by atoms with Crippen LogP contribution in [0.1, 0.15) is 27.2 Å². The summed E-state index contributed by atoms with van der Waals surface area (Å²) >= 11 is 0. The zero-order valence-electron chi connectivity index (χ0n) is 17.0. The van der Waals surface area contributed by atoms with Gasteiger partial charge in [0.2, 0.25) is 0 Å². The lowest BCUT2D eigenvalue weighted by molar-refractivity contribution is -0.144. The molecular weight excluding hydrogens is 412 g/mol. The molecule has 2 amide bonds. The van der Waals surface area contributed by atoms with Gasteiger partial charge in [-0.2, -0.15) is 0 Å². The zero-order valence-corrected chi connectivity index (χ0v) is 17.8. The number of hydrogen-bond donors (Lipinski definition) is 3. The molecule has 9 nitrogen and oxygen atoms in total. The second-order valence-corrected chi connectivity index (χ2v) is 10.2. The molecule has 1 heterocycles. The van der Waals surface area contributed by atoms with E-state index in [2.05, 4.69) is 11.8 Å². The van der Waals surface area contributed by atoms with E-state index < -0.39 is 52.2 Å². The van der Waals surface area contributed by atoms with Gasteiger partial charge in [-0.25, -0.2) is 18.0 Å². The minimum Gasteiger partial charge on any atom is -0.481 e. The topological polar surface area (TPSA) is 147 Å². The van der Waals surface area contributed by atoms with Crippen LogP contribution in [0.5, 0.6) is 5.75 Å². The third kappa shape index (κ3) is 5.64. The fraction of sp³-hybridized carbons (Fsp3) is 0.500. The Kier molecular flexibility index (Phi) is 7.00. The van der Waals surface area contributed by atoms with Crippen LogP contribution in [0.2, 0.25) is 0 Å². The molecule has 4 N–H and O–H groups in total. The first-order chi connectivity index (χ1) is 13.8. The van der Waals surface area contributed by atoms with E-state index >= 15 is 0 Å². The largest absolute Gasteiger partial charge is 0.481 e. The number of benzene rings is 1. The molecule has 0 radical (unpaired) electrons. The molecule has 0 aromatic heterocycles. The highest BCUT2D eigenvalue weighted by atomic mass is 32.2. The number of piperidine rings is 1. The minimum absolute atomic E-state index is 0.0867. The number of amides is 2. The average molecular weight is 439 g/mol. The van der Waals surface area contributed by atoms with Gasteiger partial charge < -0.3 is 25.6 Å². The van der Waals surface area contributed by atoms with Crippen molar-refractivity contribution >= 4 is 21.8 Å². The molecule has 0 bridgehead atoms. The summed E-state index contributed by atoms with van der Waals surface area (Å²) in [5, 5.41) is 18.2. The molecular formula is C20H26N2O7S. The number of ether oxygens (including phenoxy) is 1. The number of hydrogen-bond acceptors (Lipinski definition) is 6. The van der Waals surface area contributed by atoms with Gasteiger partial charge in [0.15, 0.2) is 9.84 Å². The number of rotatable bonds is 5. The van der Waals surface area contributed by atoms with Gasteiger partial charge in [-0.15, -0.1) is 0 Å². The highest BCUT2D eigenvalue weighted by Gasteiger charge is 2.46. The molecule has 1 aliphatic rings. The van der Waals surface area contributed by atoms with Crippen LogP contribution in [0.4, 0.5) is 4.79 Å². The van der Waals surface area contributed by atoms with Crippen LogP contribution in [0.25, 0.3) is 0 Å². The number of nitrogens with zero attached hydrogens (tertiary/aromatic N) is 1. The number of urea groups is 1. The molecule has 1 aliphatic heterocycles. The van der Waals surface area contributed by atoms with Crippen molar-refractivity contribution in [3.05, 3.63) is 24.3 Å². The van der Waals surface area contributed by atoms with Crippen LogP contribution in [0.3, 0.4) is 0 Å². The van der Waals surface area contributed by atoms with Gasteiger partial charge in [0, 0.05) is 5.41 Å². The number of nitrogens with two attached hydrogens (primary N) is 1. The summed E-state index contributed by atoms with van der Waals surface area (Å²) < 4.78 is 31.4. The maximum Gasteiger partial charge on any atom is 0.326 e. The Morgan fingerprint density at radius 1 is 1.27 bits per heavy atom. The highest BCUT2D eigenvalue weighted by Crippen LogP contribution is 2.29. The second kappa shape index (κ2) is 8.93. The molecule has 1 aromatic rings. The van der Waals surface area contributed by atoms with E-state index in [1.54, 1.807) is 0 Å². The first kappa shape index (κ1) is 23.5. The quantitative estimate of drug-likeness (QED) is 0.578. The number of carbonyl (C=O) groups is 2. The summed E-state index contributed by atoms with van der Waals surface area (Å²) in [6, 6.07) is 3.11. The van der Waals surface area contributed by atoms with Crippen molar-refractivity contribution in [1.82, 2.24) is 4.90 Å². The van der Waals surface area contributed by atoms with Crippen molar-refractivity contribution < 1.29 is 33.0 Å². The fourth-order valence-corrected chi connectivity index (χ4v) is 4.88. The molecule has 0 saturated carbocycles. The van der Waals surface area contributed by atoms with Gasteiger partial charge in [0.1, 0.15) is 18.4 Å². The standard InChI is InChI=1S/C20H26N2O7S/c1-20(2,3)9-4-10-29-13-5-7-14(8-6-13)30(27,28)17-11-15(18(24)25)22(19(21)26)12-16(17)23/h5-8,15-17,23H,10-12H2,1-3H3,(H2,21,26)(H,24,25).